The fourth-order valence-electron chi connectivity index (χ4n) is 6.88. The molecule has 3 saturated heterocycles. The molecule has 11 nitrogen and oxygen atoms in total. The van der Waals surface area contributed by atoms with E-state index in [0.717, 1.165) is 72.8 Å². The van der Waals surface area contributed by atoms with Gasteiger partial charge in [0.25, 0.3) is 11.8 Å². The van der Waals surface area contributed by atoms with Crippen LogP contribution in [-0.2, 0) is 23.8 Å². The molecule has 4 amide bonds. The van der Waals surface area contributed by atoms with E-state index in [4.69, 9.17) is 18.6 Å². The first kappa shape index (κ1) is 36.0. The number of imide groups is 2. The molecular weight excluding hydrogens is 711 g/mol. The van der Waals surface area contributed by atoms with Crippen LogP contribution in [0.1, 0.15) is 30.9 Å². The molecule has 0 saturated carbocycles. The molecule has 4 heterocycles. The van der Waals surface area contributed by atoms with Gasteiger partial charge < -0.3 is 23.5 Å². The lowest BCUT2D eigenvalue weighted by Crippen LogP contribution is -2.35. The van der Waals surface area contributed by atoms with Gasteiger partial charge in [0.05, 0.1) is 12.6 Å². The van der Waals surface area contributed by atoms with E-state index in [1.807, 2.05) is 103 Å². The lowest BCUT2D eigenvalue weighted by atomic mass is 10.1. The molecule has 0 N–H and O–H groups in total. The molecular formula is C45H37N3O8. The third-order valence-electron chi connectivity index (χ3n) is 9.65. The number of fused-ring (bicyclic) bond motifs is 3. The van der Waals surface area contributed by atoms with Gasteiger partial charge in [-0.15, -0.1) is 0 Å². The van der Waals surface area contributed by atoms with Crippen LogP contribution < -0.4 is 4.90 Å². The van der Waals surface area contributed by atoms with E-state index in [0.29, 0.717) is 13.2 Å². The number of nitrogens with zero attached hydrogens (tertiary/aromatic N) is 3. The smallest absolute Gasteiger partial charge is 0.422 e. The molecule has 9 rings (SSSR count). The SMILES string of the molecule is CCN1C(=O)O/C(=C/c2ccc3oc4ccccc4c3c2)C1=O.O=C1O/C(=C/c2ccc(N(c3ccccc3)c3ccccc3)cc2)C(=O)N1CC1CCCO1. The Balaban J connectivity index is 0.000000168. The number of hydrogen-bond donors (Lipinski definition) is 0. The number of ether oxygens (including phenoxy) is 3. The van der Waals surface area contributed by atoms with Crippen LogP contribution in [0.2, 0.25) is 0 Å². The summed E-state index contributed by atoms with van der Waals surface area (Å²) in [6.07, 6.45) is 3.60. The predicted molar refractivity (Wildman–Crippen MR) is 212 cm³/mol. The second kappa shape index (κ2) is 15.8. The van der Waals surface area contributed by atoms with Crippen molar-refractivity contribution in [3.8, 4) is 0 Å². The summed E-state index contributed by atoms with van der Waals surface area (Å²) >= 11 is 0. The highest BCUT2D eigenvalue weighted by Crippen LogP contribution is 2.35. The standard InChI is InChI=1S/C27H24N2O4.C18H13NO4/c30-26-25(33-27(31)28(26)19-24-12-7-17-32-24)18-20-13-15-23(16-14-20)29(21-8-3-1-4-9-21)22-10-5-2-6-11-22;1-2-19-17(20)16(23-18(19)21)10-11-7-8-15-13(9-11)12-5-3-4-6-14(12)22-15/h1-6,8-11,13-16,18,24H,7,12,17,19H2;3-10H,2H2,1H3/b25-18+;16-10+. The third-order valence-corrected chi connectivity index (χ3v) is 9.65. The number of benzene rings is 5. The molecule has 3 fully saturated rings. The van der Waals surface area contributed by atoms with Crippen LogP contribution >= 0.6 is 0 Å². The number of furan rings is 1. The Labute approximate surface area is 322 Å². The normalized spacial score (nSPS) is 18.2. The van der Waals surface area contributed by atoms with Gasteiger partial charge in [0.15, 0.2) is 11.5 Å². The minimum atomic E-state index is -0.641. The first-order valence-corrected chi connectivity index (χ1v) is 18.4. The van der Waals surface area contributed by atoms with Gasteiger partial charge in [0, 0.05) is 41.0 Å². The van der Waals surface area contributed by atoms with Crippen molar-refractivity contribution in [2.24, 2.45) is 0 Å². The van der Waals surface area contributed by atoms with Gasteiger partial charge in [0.2, 0.25) is 0 Å². The van der Waals surface area contributed by atoms with E-state index in [-0.39, 0.29) is 24.2 Å². The fourth-order valence-corrected chi connectivity index (χ4v) is 6.88. The Hall–Kier alpha value is -6.98. The highest BCUT2D eigenvalue weighted by molar-refractivity contribution is 6.11. The summed E-state index contributed by atoms with van der Waals surface area (Å²) in [4.78, 5) is 52.9. The number of rotatable bonds is 8. The summed E-state index contributed by atoms with van der Waals surface area (Å²) < 4.78 is 21.6. The number of carbonyl (C=O) groups is 4. The maximum absolute atomic E-state index is 12.7. The fraction of sp³-hybridized carbons (Fsp3) is 0.156. The summed E-state index contributed by atoms with van der Waals surface area (Å²) in [5.74, 6) is -0.748. The number of cyclic esters (lactones) is 2. The molecule has 3 aliphatic rings. The molecule has 1 aromatic heterocycles. The monoisotopic (exact) mass is 747 g/mol. The minimum Gasteiger partial charge on any atom is -0.456 e. The van der Waals surface area contributed by atoms with Crippen LogP contribution in [0.15, 0.2) is 143 Å². The van der Waals surface area contributed by atoms with Gasteiger partial charge in [-0.1, -0.05) is 72.8 Å². The van der Waals surface area contributed by atoms with Crippen LogP contribution in [-0.4, -0.2) is 59.6 Å². The number of carbonyl (C=O) groups excluding carboxylic acids is 4. The van der Waals surface area contributed by atoms with Gasteiger partial charge in [0.1, 0.15) is 11.2 Å². The quantitative estimate of drug-likeness (QED) is 0.140. The zero-order valence-electron chi connectivity index (χ0n) is 30.5. The van der Waals surface area contributed by atoms with E-state index in [1.54, 1.807) is 19.1 Å². The molecule has 11 heteroatoms. The number of anilines is 3. The molecule has 0 radical (unpaired) electrons. The highest BCUT2D eigenvalue weighted by atomic mass is 16.6. The van der Waals surface area contributed by atoms with Crippen molar-refractivity contribution in [2.75, 3.05) is 24.6 Å². The third kappa shape index (κ3) is 7.40. The van der Waals surface area contributed by atoms with Gasteiger partial charge in [-0.05, 0) is 97.6 Å². The van der Waals surface area contributed by atoms with Crippen molar-refractivity contribution in [1.29, 1.82) is 0 Å². The van der Waals surface area contributed by atoms with Crippen molar-refractivity contribution < 1.29 is 37.8 Å². The van der Waals surface area contributed by atoms with Crippen LogP contribution in [0.5, 0.6) is 0 Å². The molecule has 56 heavy (non-hydrogen) atoms. The summed E-state index contributed by atoms with van der Waals surface area (Å²) in [7, 11) is 0. The van der Waals surface area contributed by atoms with E-state index in [1.165, 1.54) is 0 Å². The van der Waals surface area contributed by atoms with Crippen LogP contribution in [0.25, 0.3) is 34.1 Å². The maximum Gasteiger partial charge on any atom is 0.422 e. The number of likely N-dealkylation sites (N-methyl/N-ethyl adjacent to an activating group) is 1. The summed E-state index contributed by atoms with van der Waals surface area (Å²) in [5, 5.41) is 1.96. The molecule has 3 aliphatic heterocycles. The Kier molecular flexibility index (Phi) is 10.2. The van der Waals surface area contributed by atoms with Gasteiger partial charge in [-0.25, -0.2) is 19.4 Å². The highest BCUT2D eigenvalue weighted by Gasteiger charge is 2.38. The largest absolute Gasteiger partial charge is 0.456 e. The predicted octanol–water partition coefficient (Wildman–Crippen LogP) is 9.58. The van der Waals surface area contributed by atoms with Crippen molar-refractivity contribution in [2.45, 2.75) is 25.9 Å². The van der Waals surface area contributed by atoms with Gasteiger partial charge >= 0.3 is 12.2 Å². The molecule has 0 bridgehead atoms. The zero-order valence-corrected chi connectivity index (χ0v) is 30.5. The minimum absolute atomic E-state index is 0.0359. The van der Waals surface area contributed by atoms with E-state index in [2.05, 4.69) is 29.2 Å². The van der Waals surface area contributed by atoms with Gasteiger partial charge in [-0.3, -0.25) is 9.59 Å². The second-order valence-electron chi connectivity index (χ2n) is 13.3. The van der Waals surface area contributed by atoms with E-state index < -0.39 is 24.0 Å². The Morgan fingerprint density at radius 3 is 1.80 bits per heavy atom. The average Bonchev–Trinajstić information content (AvgIpc) is 4.00. The molecule has 1 unspecified atom stereocenters. The Morgan fingerprint density at radius 1 is 0.625 bits per heavy atom. The second-order valence-corrected chi connectivity index (χ2v) is 13.3. The van der Waals surface area contributed by atoms with Crippen LogP contribution in [0, 0.1) is 0 Å². The summed E-state index contributed by atoms with van der Waals surface area (Å²) in [6.45, 7) is 2.92. The number of para-hydroxylation sites is 3. The first-order valence-electron chi connectivity index (χ1n) is 18.4. The summed E-state index contributed by atoms with van der Waals surface area (Å²) in [6, 6.07) is 41.4. The lowest BCUT2D eigenvalue weighted by molar-refractivity contribution is -0.124. The first-order chi connectivity index (χ1) is 27.4. The molecule has 280 valence electrons. The van der Waals surface area contributed by atoms with Crippen molar-refractivity contribution in [1.82, 2.24) is 9.80 Å². The molecule has 1 atom stereocenters. The van der Waals surface area contributed by atoms with Crippen LogP contribution in [0.3, 0.4) is 0 Å². The zero-order chi connectivity index (χ0) is 38.6. The molecule has 0 aliphatic carbocycles. The Morgan fingerprint density at radius 2 is 1.18 bits per heavy atom. The van der Waals surface area contributed by atoms with E-state index in [9.17, 15) is 19.2 Å². The Bertz CT molecular complexity index is 2450. The van der Waals surface area contributed by atoms with Crippen molar-refractivity contribution >= 4 is 75.2 Å². The van der Waals surface area contributed by atoms with Crippen molar-refractivity contribution in [3.05, 3.63) is 150 Å². The lowest BCUT2D eigenvalue weighted by Gasteiger charge is -2.25. The number of amides is 4. The molecule has 6 aromatic rings. The number of hydrogen-bond acceptors (Lipinski definition) is 9. The van der Waals surface area contributed by atoms with E-state index >= 15 is 0 Å². The maximum atomic E-state index is 12.7. The molecule has 5 aromatic carbocycles. The topological polar surface area (TPSA) is 119 Å². The van der Waals surface area contributed by atoms with Crippen molar-refractivity contribution in [3.63, 3.8) is 0 Å². The van der Waals surface area contributed by atoms with Gasteiger partial charge in [-0.2, -0.15) is 0 Å². The average molecular weight is 748 g/mol. The molecule has 0 spiro atoms. The summed E-state index contributed by atoms with van der Waals surface area (Å²) in [5.41, 5.74) is 6.20. The van der Waals surface area contributed by atoms with Crippen LogP contribution in [0.4, 0.5) is 26.7 Å².